The largest absolute Gasteiger partial charge is 0.507 e. The minimum Gasteiger partial charge on any atom is -0.507 e. The summed E-state index contributed by atoms with van der Waals surface area (Å²) < 4.78 is 4.36. The van der Waals surface area contributed by atoms with Gasteiger partial charge in [-0.1, -0.05) is 69.1 Å². The maximum atomic E-state index is 9.93. The molecule has 0 amide bonds. The Morgan fingerprint density at radius 3 is 1.61 bits per heavy atom. The number of aromatic hydroxyl groups is 1. The monoisotopic (exact) mass is 292 g/mol. The molecule has 0 saturated carbocycles. The van der Waals surface area contributed by atoms with E-state index in [1.165, 1.54) is 0 Å². The SMILES string of the molecule is CC(C)c1cccc(C(C)C)c1O.ClCOCCl. The lowest BCUT2D eigenvalue weighted by molar-refractivity contribution is 0.232. The highest BCUT2D eigenvalue weighted by atomic mass is 35.5. The van der Waals surface area contributed by atoms with Crippen LogP contribution in [-0.2, 0) is 4.74 Å². The molecule has 0 aliphatic heterocycles. The van der Waals surface area contributed by atoms with Crippen molar-refractivity contribution in [1.29, 1.82) is 0 Å². The minimum atomic E-state index is 0.184. The zero-order valence-corrected chi connectivity index (χ0v) is 12.9. The first kappa shape index (κ1) is 17.6. The number of phenolic OH excluding ortho intramolecular Hbond substituents is 1. The van der Waals surface area contributed by atoms with Gasteiger partial charge >= 0.3 is 0 Å². The molecular weight excluding hydrogens is 271 g/mol. The Morgan fingerprint density at radius 2 is 1.39 bits per heavy atom. The molecule has 1 aromatic carbocycles. The van der Waals surface area contributed by atoms with E-state index in [1.807, 2.05) is 18.2 Å². The summed E-state index contributed by atoms with van der Waals surface area (Å²) in [5.74, 6) is 1.25. The van der Waals surface area contributed by atoms with Gasteiger partial charge in [0.1, 0.15) is 17.9 Å². The van der Waals surface area contributed by atoms with Gasteiger partial charge < -0.3 is 9.84 Å². The Morgan fingerprint density at radius 1 is 1.00 bits per heavy atom. The Labute approximate surface area is 120 Å². The van der Waals surface area contributed by atoms with E-state index < -0.39 is 0 Å². The third-order valence-electron chi connectivity index (χ3n) is 2.50. The lowest BCUT2D eigenvalue weighted by atomic mass is 9.94. The highest BCUT2D eigenvalue weighted by Gasteiger charge is 2.11. The van der Waals surface area contributed by atoms with Crippen LogP contribution < -0.4 is 0 Å². The molecule has 0 aromatic heterocycles. The maximum Gasteiger partial charge on any atom is 0.122 e. The van der Waals surface area contributed by atoms with Crippen LogP contribution >= 0.6 is 23.2 Å². The highest BCUT2D eigenvalue weighted by Crippen LogP contribution is 2.32. The van der Waals surface area contributed by atoms with Crippen molar-refractivity contribution < 1.29 is 9.84 Å². The summed E-state index contributed by atoms with van der Waals surface area (Å²) in [7, 11) is 0. The number of halogens is 2. The van der Waals surface area contributed by atoms with Crippen molar-refractivity contribution in [2.24, 2.45) is 0 Å². The van der Waals surface area contributed by atoms with Crippen LogP contribution in [0.5, 0.6) is 5.75 Å². The van der Waals surface area contributed by atoms with Crippen LogP contribution in [0.1, 0.15) is 50.7 Å². The summed E-state index contributed by atoms with van der Waals surface area (Å²) in [6.45, 7) is 8.39. The van der Waals surface area contributed by atoms with E-state index in [9.17, 15) is 5.11 Å². The lowest BCUT2D eigenvalue weighted by Gasteiger charge is -2.14. The van der Waals surface area contributed by atoms with E-state index in [0.717, 1.165) is 11.1 Å². The van der Waals surface area contributed by atoms with Crippen LogP contribution in [-0.4, -0.2) is 17.2 Å². The zero-order chi connectivity index (χ0) is 14.1. The van der Waals surface area contributed by atoms with Crippen LogP contribution in [0.15, 0.2) is 18.2 Å². The van der Waals surface area contributed by atoms with Gasteiger partial charge in [0.25, 0.3) is 0 Å². The van der Waals surface area contributed by atoms with Gasteiger partial charge in [0.15, 0.2) is 0 Å². The molecule has 104 valence electrons. The van der Waals surface area contributed by atoms with Gasteiger partial charge in [-0.15, -0.1) is 0 Å². The second-order valence-electron chi connectivity index (χ2n) is 4.52. The number of hydrogen-bond acceptors (Lipinski definition) is 2. The summed E-state index contributed by atoms with van der Waals surface area (Å²) in [6.07, 6.45) is 0. The number of para-hydroxylation sites is 1. The number of ether oxygens (including phenoxy) is 1. The van der Waals surface area contributed by atoms with Gasteiger partial charge in [-0.3, -0.25) is 0 Å². The first-order valence-electron chi connectivity index (χ1n) is 5.97. The number of hydrogen-bond donors (Lipinski definition) is 1. The summed E-state index contributed by atoms with van der Waals surface area (Å²) in [4.78, 5) is 0. The third kappa shape index (κ3) is 5.94. The number of alkyl halides is 2. The fourth-order valence-corrected chi connectivity index (χ4v) is 1.77. The van der Waals surface area contributed by atoms with Crippen molar-refractivity contribution in [3.8, 4) is 5.75 Å². The average molecular weight is 293 g/mol. The van der Waals surface area contributed by atoms with E-state index in [2.05, 4.69) is 32.4 Å². The molecule has 1 rings (SSSR count). The predicted octanol–water partition coefficient (Wildman–Crippen LogP) is 5.03. The summed E-state index contributed by atoms with van der Waals surface area (Å²) in [5.41, 5.74) is 2.09. The molecule has 0 radical (unpaired) electrons. The molecule has 4 heteroatoms. The van der Waals surface area contributed by atoms with Crippen LogP contribution in [0, 0.1) is 0 Å². The van der Waals surface area contributed by atoms with Gasteiger partial charge in [0.2, 0.25) is 0 Å². The van der Waals surface area contributed by atoms with E-state index in [4.69, 9.17) is 23.2 Å². The van der Waals surface area contributed by atoms with Gasteiger partial charge in [-0.2, -0.15) is 0 Å². The van der Waals surface area contributed by atoms with Crippen molar-refractivity contribution in [2.75, 3.05) is 12.1 Å². The maximum absolute atomic E-state index is 9.93. The molecule has 0 heterocycles. The van der Waals surface area contributed by atoms with Crippen LogP contribution in [0.4, 0.5) is 0 Å². The molecule has 1 aromatic rings. The minimum absolute atomic E-state index is 0.184. The Hall–Kier alpha value is -0.440. The molecule has 2 nitrogen and oxygen atoms in total. The van der Waals surface area contributed by atoms with Crippen molar-refractivity contribution in [3.63, 3.8) is 0 Å². The number of rotatable bonds is 4. The van der Waals surface area contributed by atoms with Gasteiger partial charge in [0.05, 0.1) is 0 Å². The van der Waals surface area contributed by atoms with E-state index in [-0.39, 0.29) is 12.1 Å². The molecule has 0 aliphatic carbocycles. The molecule has 0 aliphatic rings. The fourth-order valence-electron chi connectivity index (χ4n) is 1.54. The smallest absolute Gasteiger partial charge is 0.122 e. The standard InChI is InChI=1S/C12H18O.C2H4Cl2O/c1-8(2)10-6-5-7-11(9(3)4)12(10)13;3-1-5-2-4/h5-9,13H,1-4H3;1-2H2. The van der Waals surface area contributed by atoms with Crippen molar-refractivity contribution in [3.05, 3.63) is 29.3 Å². The molecule has 0 spiro atoms. The average Bonchev–Trinajstić information content (AvgIpc) is 2.30. The van der Waals surface area contributed by atoms with Crippen molar-refractivity contribution in [2.45, 2.75) is 39.5 Å². The van der Waals surface area contributed by atoms with E-state index in [0.29, 0.717) is 17.6 Å². The molecule has 0 bridgehead atoms. The first-order chi connectivity index (χ1) is 8.45. The summed E-state index contributed by atoms with van der Waals surface area (Å²) in [6, 6.07) is 6.37. The molecule has 18 heavy (non-hydrogen) atoms. The summed E-state index contributed by atoms with van der Waals surface area (Å²) in [5, 5.41) is 9.93. The molecular formula is C14H22Cl2O2. The lowest BCUT2D eigenvalue weighted by Crippen LogP contribution is -1.94. The molecule has 0 saturated heterocycles. The molecule has 0 unspecified atom stereocenters. The number of phenols is 1. The van der Waals surface area contributed by atoms with Crippen LogP contribution in [0.25, 0.3) is 0 Å². The normalized spacial score (nSPS) is 10.4. The van der Waals surface area contributed by atoms with Crippen molar-refractivity contribution >= 4 is 23.2 Å². The second kappa shape index (κ2) is 9.48. The van der Waals surface area contributed by atoms with Gasteiger partial charge in [0, 0.05) is 0 Å². The Kier molecular flexibility index (Phi) is 9.25. The Bertz CT molecular complexity index is 310. The van der Waals surface area contributed by atoms with E-state index in [1.54, 1.807) is 0 Å². The van der Waals surface area contributed by atoms with Crippen molar-refractivity contribution in [1.82, 2.24) is 0 Å². The quantitative estimate of drug-likeness (QED) is 0.788. The number of benzene rings is 1. The molecule has 0 fully saturated rings. The Balaban J connectivity index is 0.000000494. The third-order valence-corrected chi connectivity index (χ3v) is 2.81. The van der Waals surface area contributed by atoms with E-state index >= 15 is 0 Å². The first-order valence-corrected chi connectivity index (χ1v) is 7.04. The zero-order valence-electron chi connectivity index (χ0n) is 11.4. The molecule has 1 N–H and O–H groups in total. The predicted molar refractivity (Wildman–Crippen MR) is 78.8 cm³/mol. The second-order valence-corrected chi connectivity index (χ2v) is 4.95. The highest BCUT2D eigenvalue weighted by molar-refractivity contribution is 6.18. The topological polar surface area (TPSA) is 29.5 Å². The van der Waals surface area contributed by atoms with Crippen LogP contribution in [0.2, 0.25) is 0 Å². The fraction of sp³-hybridized carbons (Fsp3) is 0.571. The van der Waals surface area contributed by atoms with Gasteiger partial charge in [-0.05, 0) is 23.0 Å². The molecule has 0 atom stereocenters. The summed E-state index contributed by atoms with van der Waals surface area (Å²) >= 11 is 9.99. The van der Waals surface area contributed by atoms with Crippen LogP contribution in [0.3, 0.4) is 0 Å². The van der Waals surface area contributed by atoms with Gasteiger partial charge in [-0.25, -0.2) is 0 Å².